The highest BCUT2D eigenvalue weighted by molar-refractivity contribution is 5.94. The summed E-state index contributed by atoms with van der Waals surface area (Å²) in [6.07, 6.45) is 5.74. The Kier molecular flexibility index (Phi) is 12.1. The molecule has 1 aliphatic heterocycles. The molecule has 1 heterocycles. The maximum atomic E-state index is 12.4. The van der Waals surface area contributed by atoms with Crippen molar-refractivity contribution >= 4 is 30.7 Å². The van der Waals surface area contributed by atoms with Crippen molar-refractivity contribution in [2.75, 3.05) is 19.6 Å². The highest BCUT2D eigenvalue weighted by atomic mass is 35.5. The molecule has 1 aliphatic rings. The van der Waals surface area contributed by atoms with E-state index in [1.165, 1.54) is 31.5 Å². The predicted octanol–water partition coefficient (Wildman–Crippen LogP) is 3.37. The summed E-state index contributed by atoms with van der Waals surface area (Å²) in [4.78, 5) is 14.8. The van der Waals surface area contributed by atoms with E-state index in [-0.39, 0.29) is 36.8 Å². The van der Waals surface area contributed by atoms with Gasteiger partial charge in [-0.1, -0.05) is 31.9 Å². The monoisotopic (exact) mass is 375 g/mol. The quantitative estimate of drug-likeness (QED) is 0.731. The highest BCUT2D eigenvalue weighted by Gasteiger charge is 2.14. The second-order valence-electron chi connectivity index (χ2n) is 6.23. The molecule has 1 atom stereocenters. The lowest BCUT2D eigenvalue weighted by Crippen LogP contribution is -2.40. The van der Waals surface area contributed by atoms with Gasteiger partial charge >= 0.3 is 0 Å². The molecule has 6 heteroatoms. The third kappa shape index (κ3) is 7.39. The molecule has 2 rings (SSSR count). The Bertz CT molecular complexity index is 479. The Hall–Kier alpha value is -0.810. The van der Waals surface area contributed by atoms with Crippen LogP contribution < -0.4 is 11.1 Å². The van der Waals surface area contributed by atoms with Gasteiger partial charge in [0.15, 0.2) is 0 Å². The van der Waals surface area contributed by atoms with Crippen molar-refractivity contribution in [2.24, 2.45) is 5.73 Å². The SMILES string of the molecule is CCCCC(CN)NC(=O)c1cccc(CN2CCCC2)c1.Cl.Cl. The number of unbranched alkanes of at least 4 members (excludes halogenated alkanes) is 1. The van der Waals surface area contributed by atoms with E-state index in [0.717, 1.165) is 31.4 Å². The molecule has 0 radical (unpaired) electrons. The van der Waals surface area contributed by atoms with Crippen LogP contribution in [0.25, 0.3) is 0 Å². The van der Waals surface area contributed by atoms with Gasteiger partial charge in [0.05, 0.1) is 0 Å². The van der Waals surface area contributed by atoms with Gasteiger partial charge in [-0.2, -0.15) is 0 Å². The van der Waals surface area contributed by atoms with Gasteiger partial charge in [0.2, 0.25) is 0 Å². The summed E-state index contributed by atoms with van der Waals surface area (Å²) in [5, 5.41) is 3.06. The van der Waals surface area contributed by atoms with Gasteiger partial charge in [-0.25, -0.2) is 0 Å². The first kappa shape index (κ1) is 23.2. The lowest BCUT2D eigenvalue weighted by atomic mass is 10.1. The van der Waals surface area contributed by atoms with Crippen molar-refractivity contribution in [1.29, 1.82) is 0 Å². The molecule has 138 valence electrons. The minimum absolute atomic E-state index is 0. The number of hydrogen-bond donors (Lipinski definition) is 2. The Morgan fingerprint density at radius 1 is 1.29 bits per heavy atom. The molecular weight excluding hydrogens is 345 g/mol. The minimum atomic E-state index is -0.00479. The molecule has 1 amide bonds. The molecule has 0 spiro atoms. The molecule has 0 saturated carbocycles. The standard InChI is InChI=1S/C18H29N3O.2ClH/c1-2-3-9-17(13-19)20-18(22)16-8-6-7-15(12-16)14-21-10-4-5-11-21;;/h6-8,12,17H,2-5,9-11,13-14,19H2,1H3,(H,20,22);2*1H. The largest absolute Gasteiger partial charge is 0.348 e. The number of nitrogens with one attached hydrogen (secondary N) is 1. The number of nitrogens with two attached hydrogens (primary N) is 1. The van der Waals surface area contributed by atoms with Crippen molar-refractivity contribution in [1.82, 2.24) is 10.2 Å². The van der Waals surface area contributed by atoms with Crippen molar-refractivity contribution in [3.63, 3.8) is 0 Å². The zero-order chi connectivity index (χ0) is 15.8. The summed E-state index contributed by atoms with van der Waals surface area (Å²) in [5.41, 5.74) is 7.71. The van der Waals surface area contributed by atoms with Gasteiger partial charge in [0.25, 0.3) is 5.91 Å². The molecule has 1 fully saturated rings. The van der Waals surface area contributed by atoms with Crippen LogP contribution in [0.5, 0.6) is 0 Å². The first-order valence-corrected chi connectivity index (χ1v) is 8.55. The van der Waals surface area contributed by atoms with Crippen LogP contribution in [-0.2, 0) is 6.54 Å². The highest BCUT2D eigenvalue weighted by Crippen LogP contribution is 2.14. The lowest BCUT2D eigenvalue weighted by molar-refractivity contribution is 0.0935. The maximum absolute atomic E-state index is 12.4. The van der Waals surface area contributed by atoms with Crippen molar-refractivity contribution < 1.29 is 4.79 Å². The van der Waals surface area contributed by atoms with Crippen molar-refractivity contribution in [3.05, 3.63) is 35.4 Å². The van der Waals surface area contributed by atoms with E-state index < -0.39 is 0 Å². The van der Waals surface area contributed by atoms with Gasteiger partial charge in [0, 0.05) is 24.7 Å². The van der Waals surface area contributed by atoms with Gasteiger partial charge < -0.3 is 11.1 Å². The fourth-order valence-electron chi connectivity index (χ4n) is 2.98. The molecule has 1 saturated heterocycles. The zero-order valence-corrected chi connectivity index (χ0v) is 16.1. The van der Waals surface area contributed by atoms with E-state index in [0.29, 0.717) is 6.54 Å². The first-order valence-electron chi connectivity index (χ1n) is 8.55. The summed E-state index contributed by atoms with van der Waals surface area (Å²) in [5.74, 6) is -0.00479. The van der Waals surface area contributed by atoms with E-state index in [2.05, 4.69) is 23.2 Å². The number of amides is 1. The van der Waals surface area contributed by atoms with E-state index in [1.54, 1.807) is 0 Å². The van der Waals surface area contributed by atoms with Gasteiger partial charge in [-0.3, -0.25) is 9.69 Å². The summed E-state index contributed by atoms with van der Waals surface area (Å²) >= 11 is 0. The van der Waals surface area contributed by atoms with E-state index in [9.17, 15) is 4.79 Å². The number of likely N-dealkylation sites (tertiary alicyclic amines) is 1. The minimum Gasteiger partial charge on any atom is -0.348 e. The fraction of sp³-hybridized carbons (Fsp3) is 0.611. The number of carbonyl (C=O) groups excluding carboxylic acids is 1. The lowest BCUT2D eigenvalue weighted by Gasteiger charge is -2.18. The summed E-state index contributed by atoms with van der Waals surface area (Å²) < 4.78 is 0. The molecule has 24 heavy (non-hydrogen) atoms. The van der Waals surface area contributed by atoms with Crippen LogP contribution in [0.2, 0.25) is 0 Å². The topological polar surface area (TPSA) is 58.4 Å². The molecule has 0 aliphatic carbocycles. The molecule has 1 unspecified atom stereocenters. The Balaban J connectivity index is 0.00000264. The predicted molar refractivity (Wildman–Crippen MR) is 105 cm³/mol. The average Bonchev–Trinajstić information content (AvgIpc) is 3.04. The van der Waals surface area contributed by atoms with Crippen molar-refractivity contribution in [3.8, 4) is 0 Å². The van der Waals surface area contributed by atoms with Crippen LogP contribution in [-0.4, -0.2) is 36.5 Å². The van der Waals surface area contributed by atoms with Crippen LogP contribution in [0.15, 0.2) is 24.3 Å². The third-order valence-electron chi connectivity index (χ3n) is 4.32. The Labute approximate surface area is 158 Å². The smallest absolute Gasteiger partial charge is 0.251 e. The van der Waals surface area contributed by atoms with E-state index >= 15 is 0 Å². The number of hydrogen-bond acceptors (Lipinski definition) is 3. The number of halogens is 2. The molecule has 4 nitrogen and oxygen atoms in total. The molecule has 1 aromatic rings. The van der Waals surface area contributed by atoms with Crippen LogP contribution in [0, 0.1) is 0 Å². The number of benzene rings is 1. The van der Waals surface area contributed by atoms with Crippen molar-refractivity contribution in [2.45, 2.75) is 51.6 Å². The van der Waals surface area contributed by atoms with Gasteiger partial charge in [-0.05, 0) is 50.0 Å². The van der Waals surface area contributed by atoms with Crippen LogP contribution in [0.3, 0.4) is 0 Å². The fourth-order valence-corrected chi connectivity index (χ4v) is 2.98. The number of carbonyl (C=O) groups is 1. The van der Waals surface area contributed by atoms with Crippen LogP contribution >= 0.6 is 24.8 Å². The Morgan fingerprint density at radius 3 is 2.62 bits per heavy atom. The third-order valence-corrected chi connectivity index (χ3v) is 4.32. The molecule has 3 N–H and O–H groups in total. The van der Waals surface area contributed by atoms with Crippen LogP contribution in [0.1, 0.15) is 54.9 Å². The summed E-state index contributed by atoms with van der Waals surface area (Å²) in [6, 6.07) is 8.06. The second-order valence-corrected chi connectivity index (χ2v) is 6.23. The Morgan fingerprint density at radius 2 is 2.00 bits per heavy atom. The number of nitrogens with zero attached hydrogens (tertiary/aromatic N) is 1. The van der Waals surface area contributed by atoms with E-state index in [1.807, 2.05) is 18.2 Å². The van der Waals surface area contributed by atoms with Gasteiger partial charge in [-0.15, -0.1) is 24.8 Å². The average molecular weight is 376 g/mol. The van der Waals surface area contributed by atoms with Gasteiger partial charge in [0.1, 0.15) is 0 Å². The first-order chi connectivity index (χ1) is 10.7. The molecular formula is C18H31Cl2N3O. The number of rotatable bonds is 8. The molecule has 1 aromatic carbocycles. The maximum Gasteiger partial charge on any atom is 0.251 e. The van der Waals surface area contributed by atoms with Crippen LogP contribution in [0.4, 0.5) is 0 Å². The van der Waals surface area contributed by atoms with E-state index in [4.69, 9.17) is 5.73 Å². The zero-order valence-electron chi connectivity index (χ0n) is 14.5. The summed E-state index contributed by atoms with van der Waals surface area (Å²) in [6.45, 7) is 5.93. The summed E-state index contributed by atoms with van der Waals surface area (Å²) in [7, 11) is 0. The second kappa shape index (κ2) is 12.5. The molecule has 0 aromatic heterocycles. The molecule has 0 bridgehead atoms. The normalized spacial score (nSPS) is 15.2.